The normalized spacial score (nSPS) is 15.6. The molecule has 4 heteroatoms. The van der Waals surface area contributed by atoms with Crippen LogP contribution in [0.5, 0.6) is 0 Å². The minimum absolute atomic E-state index is 0.392. The van der Waals surface area contributed by atoms with Crippen molar-refractivity contribution in [2.24, 2.45) is 0 Å². The van der Waals surface area contributed by atoms with Gasteiger partial charge < -0.3 is 10.1 Å². The monoisotopic (exact) mass is 207 g/mol. The Hall–Kier alpha value is 0.0700. The first-order chi connectivity index (χ1) is 6.24. The molecule has 0 bridgehead atoms. The summed E-state index contributed by atoms with van der Waals surface area (Å²) < 4.78 is 16.4. The Labute approximate surface area is 83.7 Å². The van der Waals surface area contributed by atoms with Crippen molar-refractivity contribution in [1.29, 1.82) is 0 Å². The molecule has 0 fully saturated rings. The fourth-order valence-corrected chi connectivity index (χ4v) is 2.53. The fourth-order valence-electron chi connectivity index (χ4n) is 1.08. The minimum Gasteiger partial charge on any atom is -0.385 e. The molecule has 0 aliphatic heterocycles. The summed E-state index contributed by atoms with van der Waals surface area (Å²) in [4.78, 5) is 0. The Morgan fingerprint density at radius 2 is 2.23 bits per heavy atom. The number of rotatable bonds is 8. The smallest absolute Gasteiger partial charge is 0.0471 e. The van der Waals surface area contributed by atoms with Gasteiger partial charge in [-0.2, -0.15) is 0 Å². The number of hydrogen-bond donors (Lipinski definition) is 1. The molecular weight excluding hydrogens is 186 g/mol. The second-order valence-corrected chi connectivity index (χ2v) is 4.67. The van der Waals surface area contributed by atoms with Gasteiger partial charge in [-0.05, 0) is 19.9 Å². The van der Waals surface area contributed by atoms with E-state index < -0.39 is 10.8 Å². The largest absolute Gasteiger partial charge is 0.385 e. The van der Waals surface area contributed by atoms with Crippen LogP contribution in [-0.4, -0.2) is 42.5 Å². The predicted molar refractivity (Wildman–Crippen MR) is 57.5 cm³/mol. The first-order valence-corrected chi connectivity index (χ1v) is 6.24. The second kappa shape index (κ2) is 8.66. The van der Waals surface area contributed by atoms with Crippen molar-refractivity contribution >= 4 is 10.8 Å². The van der Waals surface area contributed by atoms with Crippen molar-refractivity contribution in [3.05, 3.63) is 0 Å². The molecule has 13 heavy (non-hydrogen) atoms. The quantitative estimate of drug-likeness (QED) is 0.598. The molecule has 0 spiro atoms. The lowest BCUT2D eigenvalue weighted by molar-refractivity contribution is 0.200. The van der Waals surface area contributed by atoms with E-state index in [1.165, 1.54) is 0 Å². The summed E-state index contributed by atoms with van der Waals surface area (Å²) in [6.45, 7) is 2.82. The molecule has 0 aromatic carbocycles. The third-order valence-corrected chi connectivity index (χ3v) is 3.53. The highest BCUT2D eigenvalue weighted by atomic mass is 32.2. The predicted octanol–water partition coefficient (Wildman–Crippen LogP) is 0.770. The van der Waals surface area contributed by atoms with Gasteiger partial charge in [-0.3, -0.25) is 4.21 Å². The molecule has 0 heterocycles. The van der Waals surface area contributed by atoms with Crippen molar-refractivity contribution < 1.29 is 8.95 Å². The van der Waals surface area contributed by atoms with Crippen LogP contribution in [-0.2, 0) is 15.5 Å². The zero-order valence-electron chi connectivity index (χ0n) is 8.84. The molecule has 0 aromatic rings. The molecule has 1 N–H and O–H groups in total. The maximum Gasteiger partial charge on any atom is 0.0471 e. The number of methoxy groups -OCH3 is 1. The zero-order valence-corrected chi connectivity index (χ0v) is 9.65. The molecule has 0 saturated carbocycles. The molecule has 3 nitrogen and oxygen atoms in total. The first kappa shape index (κ1) is 13.1. The highest BCUT2D eigenvalue weighted by Gasteiger charge is 2.07. The molecule has 0 rings (SSSR count). The van der Waals surface area contributed by atoms with Crippen LogP contribution in [0.4, 0.5) is 0 Å². The van der Waals surface area contributed by atoms with E-state index in [4.69, 9.17) is 4.74 Å². The molecule has 2 unspecified atom stereocenters. The van der Waals surface area contributed by atoms with Crippen LogP contribution in [0.1, 0.15) is 19.8 Å². The average molecular weight is 207 g/mol. The summed E-state index contributed by atoms with van der Waals surface area (Å²) in [7, 11) is 2.90. The molecule has 0 radical (unpaired) electrons. The lowest BCUT2D eigenvalue weighted by atomic mass is 10.3. The van der Waals surface area contributed by atoms with E-state index in [1.807, 2.05) is 7.05 Å². The van der Waals surface area contributed by atoms with E-state index in [2.05, 4.69) is 12.2 Å². The molecule has 0 aromatic heterocycles. The average Bonchev–Trinajstić information content (AvgIpc) is 2.14. The van der Waals surface area contributed by atoms with Crippen LogP contribution >= 0.6 is 0 Å². The lowest BCUT2D eigenvalue weighted by Crippen LogP contribution is -2.31. The van der Waals surface area contributed by atoms with E-state index >= 15 is 0 Å². The number of nitrogens with one attached hydrogen (secondary N) is 1. The maximum absolute atomic E-state index is 11.5. The SMILES string of the molecule is CCC(CS(=O)CCCOC)NC. The summed E-state index contributed by atoms with van der Waals surface area (Å²) in [6, 6.07) is 0.392. The molecule has 0 aliphatic carbocycles. The summed E-state index contributed by atoms with van der Waals surface area (Å²) in [5.74, 6) is 1.52. The molecule has 0 saturated heterocycles. The Balaban J connectivity index is 3.48. The van der Waals surface area contributed by atoms with E-state index in [0.29, 0.717) is 12.6 Å². The van der Waals surface area contributed by atoms with Gasteiger partial charge in [-0.25, -0.2) is 0 Å². The van der Waals surface area contributed by atoms with Crippen molar-refractivity contribution in [3.8, 4) is 0 Å². The Kier molecular flexibility index (Phi) is 8.71. The van der Waals surface area contributed by atoms with Gasteiger partial charge in [0, 0.05) is 42.1 Å². The molecule has 0 amide bonds. The lowest BCUT2D eigenvalue weighted by Gasteiger charge is -2.12. The van der Waals surface area contributed by atoms with Crippen LogP contribution in [0.25, 0.3) is 0 Å². The summed E-state index contributed by atoms with van der Waals surface area (Å²) in [6.07, 6.45) is 1.93. The third kappa shape index (κ3) is 7.16. The van der Waals surface area contributed by atoms with Gasteiger partial charge in [-0.15, -0.1) is 0 Å². The van der Waals surface area contributed by atoms with Gasteiger partial charge in [0.1, 0.15) is 0 Å². The van der Waals surface area contributed by atoms with E-state index in [-0.39, 0.29) is 0 Å². The number of ether oxygens (including phenoxy) is 1. The van der Waals surface area contributed by atoms with Gasteiger partial charge >= 0.3 is 0 Å². The van der Waals surface area contributed by atoms with Crippen molar-refractivity contribution in [3.63, 3.8) is 0 Å². The van der Waals surface area contributed by atoms with Crippen LogP contribution in [0.3, 0.4) is 0 Å². The number of hydrogen-bond acceptors (Lipinski definition) is 3. The molecule has 0 aliphatic rings. The summed E-state index contributed by atoms with van der Waals surface area (Å²) in [5, 5.41) is 3.15. The van der Waals surface area contributed by atoms with Crippen LogP contribution in [0.2, 0.25) is 0 Å². The van der Waals surface area contributed by atoms with Crippen molar-refractivity contribution in [2.75, 3.05) is 32.3 Å². The van der Waals surface area contributed by atoms with Crippen LogP contribution < -0.4 is 5.32 Å². The minimum atomic E-state index is -0.694. The Morgan fingerprint density at radius 1 is 1.54 bits per heavy atom. The Morgan fingerprint density at radius 3 is 2.69 bits per heavy atom. The van der Waals surface area contributed by atoms with E-state index in [0.717, 1.165) is 24.3 Å². The third-order valence-electron chi connectivity index (χ3n) is 2.01. The van der Waals surface area contributed by atoms with Gasteiger partial charge in [0.2, 0.25) is 0 Å². The van der Waals surface area contributed by atoms with E-state index in [9.17, 15) is 4.21 Å². The van der Waals surface area contributed by atoms with Crippen molar-refractivity contribution in [1.82, 2.24) is 5.32 Å². The molecule has 2 atom stereocenters. The van der Waals surface area contributed by atoms with Gasteiger partial charge in [0.15, 0.2) is 0 Å². The fraction of sp³-hybridized carbons (Fsp3) is 1.00. The van der Waals surface area contributed by atoms with Crippen LogP contribution in [0, 0.1) is 0 Å². The molecular formula is C9H21NO2S. The van der Waals surface area contributed by atoms with E-state index in [1.54, 1.807) is 7.11 Å². The van der Waals surface area contributed by atoms with Gasteiger partial charge in [0.25, 0.3) is 0 Å². The first-order valence-electron chi connectivity index (χ1n) is 4.75. The molecule has 80 valence electrons. The highest BCUT2D eigenvalue weighted by molar-refractivity contribution is 7.85. The topological polar surface area (TPSA) is 38.3 Å². The van der Waals surface area contributed by atoms with Gasteiger partial charge in [-0.1, -0.05) is 6.92 Å². The van der Waals surface area contributed by atoms with Crippen LogP contribution in [0.15, 0.2) is 0 Å². The van der Waals surface area contributed by atoms with Gasteiger partial charge in [0.05, 0.1) is 0 Å². The van der Waals surface area contributed by atoms with Crippen molar-refractivity contribution in [2.45, 2.75) is 25.8 Å². The second-order valence-electron chi connectivity index (χ2n) is 3.05. The highest BCUT2D eigenvalue weighted by Crippen LogP contribution is 1.96. The summed E-state index contributed by atoms with van der Waals surface area (Å²) in [5.41, 5.74) is 0. The zero-order chi connectivity index (χ0) is 10.1. The maximum atomic E-state index is 11.5. The Bertz CT molecular complexity index is 138. The standard InChI is InChI=1S/C9H21NO2S/c1-4-9(10-2)8-13(11)7-5-6-12-3/h9-10H,4-8H2,1-3H3. The summed E-state index contributed by atoms with van der Waals surface area (Å²) >= 11 is 0.